The lowest BCUT2D eigenvalue weighted by molar-refractivity contribution is -0.140. The monoisotopic (exact) mass is 256 g/mol. The summed E-state index contributed by atoms with van der Waals surface area (Å²) >= 11 is 0. The van der Waals surface area contributed by atoms with Crippen molar-refractivity contribution in [2.45, 2.75) is 58.3 Å². The van der Waals surface area contributed by atoms with E-state index in [-0.39, 0.29) is 18.8 Å². The van der Waals surface area contributed by atoms with Gasteiger partial charge in [0.25, 0.3) is 0 Å². The molecule has 0 rings (SSSR count). The van der Waals surface area contributed by atoms with E-state index in [1.54, 1.807) is 0 Å². The molecule has 18 heavy (non-hydrogen) atoms. The fourth-order valence-corrected chi connectivity index (χ4v) is 1.78. The summed E-state index contributed by atoms with van der Waals surface area (Å²) in [5.41, 5.74) is 0. The first-order chi connectivity index (χ1) is 8.56. The van der Waals surface area contributed by atoms with Crippen LogP contribution in [-0.2, 0) is 9.59 Å². The molecule has 0 fully saturated rings. The van der Waals surface area contributed by atoms with Gasteiger partial charge >= 0.3 is 11.9 Å². The van der Waals surface area contributed by atoms with Crippen molar-refractivity contribution in [3.63, 3.8) is 0 Å². The van der Waals surface area contributed by atoms with Crippen molar-refractivity contribution in [2.75, 3.05) is 0 Å². The third kappa shape index (κ3) is 11.2. The lowest BCUT2D eigenvalue weighted by Crippen LogP contribution is -2.08. The van der Waals surface area contributed by atoms with Gasteiger partial charge < -0.3 is 10.2 Å². The number of hydrogen-bond acceptors (Lipinski definition) is 2. The van der Waals surface area contributed by atoms with Gasteiger partial charge in [0.15, 0.2) is 0 Å². The Balaban J connectivity index is 3.93. The molecule has 1 atom stereocenters. The first-order valence-corrected chi connectivity index (χ1v) is 6.66. The summed E-state index contributed by atoms with van der Waals surface area (Å²) in [5.74, 6) is -1.91. The van der Waals surface area contributed by atoms with Crippen LogP contribution in [0.4, 0.5) is 0 Å². The highest BCUT2D eigenvalue weighted by molar-refractivity contribution is 5.68. The molecule has 2 N–H and O–H groups in total. The SMILES string of the molecule is CCCCCC/C=C/C(CCC(=O)O)CC(=O)O. The first kappa shape index (κ1) is 16.7. The Morgan fingerprint density at radius 2 is 1.83 bits per heavy atom. The Morgan fingerprint density at radius 3 is 2.39 bits per heavy atom. The van der Waals surface area contributed by atoms with Gasteiger partial charge in [-0.25, -0.2) is 0 Å². The maximum absolute atomic E-state index is 10.6. The second kappa shape index (κ2) is 10.8. The van der Waals surface area contributed by atoms with E-state index in [2.05, 4.69) is 6.92 Å². The van der Waals surface area contributed by atoms with Crippen molar-refractivity contribution >= 4 is 11.9 Å². The largest absolute Gasteiger partial charge is 0.481 e. The molecule has 0 saturated carbocycles. The average molecular weight is 256 g/mol. The molecule has 4 heteroatoms. The molecule has 0 aliphatic heterocycles. The van der Waals surface area contributed by atoms with Crippen LogP contribution < -0.4 is 0 Å². The molecule has 0 bridgehead atoms. The zero-order chi connectivity index (χ0) is 13.8. The van der Waals surface area contributed by atoms with Gasteiger partial charge in [0, 0.05) is 6.42 Å². The molecular formula is C14H24O4. The van der Waals surface area contributed by atoms with E-state index in [4.69, 9.17) is 10.2 Å². The zero-order valence-corrected chi connectivity index (χ0v) is 11.1. The number of carboxylic acid groups (broad SMARTS) is 2. The predicted molar refractivity (Wildman–Crippen MR) is 70.5 cm³/mol. The lowest BCUT2D eigenvalue weighted by atomic mass is 9.98. The number of rotatable bonds is 11. The van der Waals surface area contributed by atoms with Crippen LogP contribution in [0.1, 0.15) is 58.3 Å². The molecule has 0 aromatic rings. The highest BCUT2D eigenvalue weighted by Gasteiger charge is 2.11. The van der Waals surface area contributed by atoms with E-state index in [1.165, 1.54) is 19.3 Å². The van der Waals surface area contributed by atoms with Crippen LogP contribution in [0, 0.1) is 5.92 Å². The summed E-state index contributed by atoms with van der Waals surface area (Å²) in [6, 6.07) is 0. The van der Waals surface area contributed by atoms with E-state index < -0.39 is 11.9 Å². The first-order valence-electron chi connectivity index (χ1n) is 6.66. The van der Waals surface area contributed by atoms with E-state index in [9.17, 15) is 9.59 Å². The van der Waals surface area contributed by atoms with Crippen LogP contribution in [0.5, 0.6) is 0 Å². The summed E-state index contributed by atoms with van der Waals surface area (Å²) in [4.78, 5) is 21.1. The van der Waals surface area contributed by atoms with Crippen molar-refractivity contribution in [3.05, 3.63) is 12.2 Å². The summed E-state index contributed by atoms with van der Waals surface area (Å²) in [6.07, 6.45) is 9.97. The molecule has 0 aromatic carbocycles. The normalized spacial score (nSPS) is 12.7. The van der Waals surface area contributed by atoms with Crippen LogP contribution in [-0.4, -0.2) is 22.2 Å². The molecule has 0 amide bonds. The van der Waals surface area contributed by atoms with Gasteiger partial charge in [0.2, 0.25) is 0 Å². The smallest absolute Gasteiger partial charge is 0.303 e. The molecule has 0 heterocycles. The van der Waals surface area contributed by atoms with Crippen LogP contribution in [0.2, 0.25) is 0 Å². The van der Waals surface area contributed by atoms with E-state index in [1.807, 2.05) is 12.2 Å². The molecule has 4 nitrogen and oxygen atoms in total. The van der Waals surface area contributed by atoms with Gasteiger partial charge in [-0.1, -0.05) is 38.3 Å². The number of hydrogen-bond donors (Lipinski definition) is 2. The summed E-state index contributed by atoms with van der Waals surface area (Å²) in [6.45, 7) is 2.16. The Labute approximate surface area is 109 Å². The van der Waals surface area contributed by atoms with Crippen LogP contribution in [0.25, 0.3) is 0 Å². The Hall–Kier alpha value is -1.32. The maximum atomic E-state index is 10.6. The number of unbranched alkanes of at least 4 members (excludes halogenated alkanes) is 4. The highest BCUT2D eigenvalue weighted by atomic mass is 16.4. The van der Waals surface area contributed by atoms with Crippen molar-refractivity contribution in [1.29, 1.82) is 0 Å². The molecule has 104 valence electrons. The molecule has 1 unspecified atom stereocenters. The van der Waals surface area contributed by atoms with Gasteiger partial charge in [-0.2, -0.15) is 0 Å². The fourth-order valence-electron chi connectivity index (χ4n) is 1.78. The molecule has 0 aliphatic rings. The van der Waals surface area contributed by atoms with Gasteiger partial charge in [-0.15, -0.1) is 0 Å². The number of allylic oxidation sites excluding steroid dienone is 2. The van der Waals surface area contributed by atoms with Crippen LogP contribution in [0.3, 0.4) is 0 Å². The van der Waals surface area contributed by atoms with E-state index >= 15 is 0 Å². The highest BCUT2D eigenvalue weighted by Crippen LogP contribution is 2.14. The summed E-state index contributed by atoms with van der Waals surface area (Å²) in [5, 5.41) is 17.3. The minimum absolute atomic E-state index is 0.0126. The molecule has 0 saturated heterocycles. The predicted octanol–water partition coefficient (Wildman–Crippen LogP) is 3.47. The van der Waals surface area contributed by atoms with Crippen LogP contribution >= 0.6 is 0 Å². The quantitative estimate of drug-likeness (QED) is 0.438. The molecular weight excluding hydrogens is 232 g/mol. The Kier molecular flexibility index (Phi) is 10.0. The van der Waals surface area contributed by atoms with Crippen molar-refractivity contribution in [1.82, 2.24) is 0 Å². The molecule has 0 aliphatic carbocycles. The third-order valence-corrected chi connectivity index (χ3v) is 2.80. The second-order valence-electron chi connectivity index (χ2n) is 4.57. The van der Waals surface area contributed by atoms with Crippen molar-refractivity contribution in [3.8, 4) is 0 Å². The topological polar surface area (TPSA) is 74.6 Å². The van der Waals surface area contributed by atoms with Gasteiger partial charge in [0.1, 0.15) is 0 Å². The van der Waals surface area contributed by atoms with E-state index in [0.717, 1.165) is 12.8 Å². The number of aliphatic carboxylic acids is 2. The Bertz CT molecular complexity index is 271. The summed E-state index contributed by atoms with van der Waals surface area (Å²) < 4.78 is 0. The number of carboxylic acids is 2. The fraction of sp³-hybridized carbons (Fsp3) is 0.714. The molecule has 0 radical (unpaired) electrons. The lowest BCUT2D eigenvalue weighted by Gasteiger charge is -2.08. The standard InChI is InChI=1S/C14H24O4/c1-2-3-4-5-6-7-8-12(11-14(17)18)9-10-13(15)16/h7-8,12H,2-6,9-11H2,1H3,(H,15,16)(H,17,18)/b8-7+. The zero-order valence-electron chi connectivity index (χ0n) is 11.1. The van der Waals surface area contributed by atoms with Crippen molar-refractivity contribution < 1.29 is 19.8 Å². The van der Waals surface area contributed by atoms with Gasteiger partial charge in [-0.05, 0) is 25.2 Å². The van der Waals surface area contributed by atoms with Crippen LogP contribution in [0.15, 0.2) is 12.2 Å². The van der Waals surface area contributed by atoms with E-state index in [0.29, 0.717) is 6.42 Å². The Morgan fingerprint density at radius 1 is 1.11 bits per heavy atom. The minimum atomic E-state index is -0.874. The second-order valence-corrected chi connectivity index (χ2v) is 4.57. The molecule has 0 aromatic heterocycles. The van der Waals surface area contributed by atoms with Crippen molar-refractivity contribution in [2.24, 2.45) is 5.92 Å². The minimum Gasteiger partial charge on any atom is -0.481 e. The maximum Gasteiger partial charge on any atom is 0.303 e. The third-order valence-electron chi connectivity index (χ3n) is 2.80. The van der Waals surface area contributed by atoms with Gasteiger partial charge in [0.05, 0.1) is 6.42 Å². The van der Waals surface area contributed by atoms with Gasteiger partial charge in [-0.3, -0.25) is 9.59 Å². The average Bonchev–Trinajstić information content (AvgIpc) is 2.29. The summed E-state index contributed by atoms with van der Waals surface area (Å²) in [7, 11) is 0. The number of carbonyl (C=O) groups is 2. The molecule has 0 spiro atoms.